The largest absolute Gasteiger partial charge is 0.534 e. The normalized spacial score (nSPS) is 12.4. The first-order valence-electron chi connectivity index (χ1n) is 6.10. The molecular formula is C14H6F3NO4S. The van der Waals surface area contributed by atoms with Gasteiger partial charge >= 0.3 is 15.6 Å². The van der Waals surface area contributed by atoms with Crippen molar-refractivity contribution >= 4 is 32.1 Å². The quantitative estimate of drug-likeness (QED) is 0.525. The SMILES string of the molecule is N#Cc1ccc2c(oc3ccccc32)c1OS(=O)(=O)C(F)(F)F. The molecule has 0 fully saturated rings. The molecular weight excluding hydrogens is 335 g/mol. The van der Waals surface area contributed by atoms with Gasteiger partial charge in [0.25, 0.3) is 0 Å². The van der Waals surface area contributed by atoms with E-state index in [1.807, 2.05) is 0 Å². The predicted octanol–water partition coefficient (Wildman–Crippen LogP) is 3.69. The van der Waals surface area contributed by atoms with E-state index >= 15 is 0 Å². The minimum atomic E-state index is -5.92. The van der Waals surface area contributed by atoms with Gasteiger partial charge in [0.05, 0.1) is 5.56 Å². The third-order valence-corrected chi connectivity index (χ3v) is 4.05. The monoisotopic (exact) mass is 341 g/mol. The fourth-order valence-electron chi connectivity index (χ4n) is 2.09. The van der Waals surface area contributed by atoms with Crippen molar-refractivity contribution in [1.82, 2.24) is 0 Å². The minimum absolute atomic E-state index is 0.238. The lowest BCUT2D eigenvalue weighted by Gasteiger charge is -2.10. The van der Waals surface area contributed by atoms with Gasteiger partial charge in [-0.25, -0.2) is 0 Å². The second kappa shape index (κ2) is 4.89. The maximum Gasteiger partial charge on any atom is 0.534 e. The van der Waals surface area contributed by atoms with E-state index in [0.717, 1.165) is 0 Å². The lowest BCUT2D eigenvalue weighted by atomic mass is 10.1. The minimum Gasteiger partial charge on any atom is -0.452 e. The Bertz CT molecular complexity index is 1060. The molecule has 118 valence electrons. The van der Waals surface area contributed by atoms with Gasteiger partial charge in [0.2, 0.25) is 5.75 Å². The average molecular weight is 341 g/mol. The summed E-state index contributed by atoms with van der Waals surface area (Å²) in [6.45, 7) is 0. The van der Waals surface area contributed by atoms with Gasteiger partial charge in [0.15, 0.2) is 5.58 Å². The highest BCUT2D eigenvalue weighted by molar-refractivity contribution is 7.88. The zero-order valence-electron chi connectivity index (χ0n) is 11.1. The van der Waals surface area contributed by atoms with E-state index in [4.69, 9.17) is 9.68 Å². The maximum atomic E-state index is 12.5. The molecule has 23 heavy (non-hydrogen) atoms. The van der Waals surface area contributed by atoms with E-state index in [2.05, 4.69) is 4.18 Å². The van der Waals surface area contributed by atoms with Crippen molar-refractivity contribution in [3.05, 3.63) is 42.0 Å². The summed E-state index contributed by atoms with van der Waals surface area (Å²) < 4.78 is 69.6. The number of benzene rings is 2. The highest BCUT2D eigenvalue weighted by Crippen LogP contribution is 2.39. The number of hydrogen-bond acceptors (Lipinski definition) is 5. The third-order valence-electron chi connectivity index (χ3n) is 3.10. The molecule has 3 aromatic rings. The number of para-hydroxylation sites is 1. The summed E-state index contributed by atoms with van der Waals surface area (Å²) >= 11 is 0. The molecule has 1 heterocycles. The molecule has 0 saturated carbocycles. The second-order valence-corrected chi connectivity index (χ2v) is 6.05. The first-order chi connectivity index (χ1) is 10.7. The number of nitriles is 1. The van der Waals surface area contributed by atoms with Gasteiger partial charge in [-0.15, -0.1) is 0 Å². The zero-order chi connectivity index (χ0) is 16.8. The van der Waals surface area contributed by atoms with E-state index in [-0.39, 0.29) is 11.1 Å². The fraction of sp³-hybridized carbons (Fsp3) is 0.0714. The summed E-state index contributed by atoms with van der Waals surface area (Å²) in [7, 11) is -5.92. The van der Waals surface area contributed by atoms with Crippen LogP contribution in [0.15, 0.2) is 40.8 Å². The molecule has 0 amide bonds. The van der Waals surface area contributed by atoms with Crippen LogP contribution in [-0.2, 0) is 10.1 Å². The Balaban J connectivity index is 2.32. The van der Waals surface area contributed by atoms with Crippen LogP contribution in [-0.4, -0.2) is 13.9 Å². The summed E-state index contributed by atoms with van der Waals surface area (Å²) in [5.41, 5.74) is -5.91. The first kappa shape index (κ1) is 15.2. The molecule has 2 aromatic carbocycles. The Morgan fingerprint density at radius 1 is 1.09 bits per heavy atom. The molecule has 0 atom stereocenters. The predicted molar refractivity (Wildman–Crippen MR) is 74.0 cm³/mol. The van der Waals surface area contributed by atoms with Gasteiger partial charge in [-0.2, -0.15) is 26.9 Å². The van der Waals surface area contributed by atoms with Crippen LogP contribution in [0.3, 0.4) is 0 Å². The van der Waals surface area contributed by atoms with E-state index in [0.29, 0.717) is 16.4 Å². The number of furan rings is 1. The Kier molecular flexibility index (Phi) is 3.23. The maximum absolute atomic E-state index is 12.5. The van der Waals surface area contributed by atoms with Gasteiger partial charge < -0.3 is 8.60 Å². The number of halogens is 3. The summed E-state index contributed by atoms with van der Waals surface area (Å²) in [5.74, 6) is -0.779. The smallest absolute Gasteiger partial charge is 0.452 e. The highest BCUT2D eigenvalue weighted by Gasteiger charge is 2.49. The highest BCUT2D eigenvalue weighted by atomic mass is 32.2. The van der Waals surface area contributed by atoms with E-state index in [1.54, 1.807) is 30.3 Å². The van der Waals surface area contributed by atoms with Crippen molar-refractivity contribution in [3.8, 4) is 11.8 Å². The fourth-order valence-corrected chi connectivity index (χ4v) is 2.57. The van der Waals surface area contributed by atoms with Crippen LogP contribution in [0.2, 0.25) is 0 Å². The third kappa shape index (κ3) is 2.37. The van der Waals surface area contributed by atoms with Gasteiger partial charge in [-0.1, -0.05) is 18.2 Å². The molecule has 0 saturated heterocycles. The Morgan fingerprint density at radius 3 is 2.43 bits per heavy atom. The van der Waals surface area contributed by atoms with E-state index in [9.17, 15) is 21.6 Å². The van der Waals surface area contributed by atoms with Gasteiger partial charge in [-0.05, 0) is 18.2 Å². The lowest BCUT2D eigenvalue weighted by molar-refractivity contribution is -0.0499. The van der Waals surface area contributed by atoms with Crippen molar-refractivity contribution in [2.45, 2.75) is 5.51 Å². The van der Waals surface area contributed by atoms with Crippen LogP contribution < -0.4 is 4.18 Å². The first-order valence-corrected chi connectivity index (χ1v) is 7.50. The second-order valence-electron chi connectivity index (χ2n) is 4.51. The summed E-state index contributed by atoms with van der Waals surface area (Å²) in [6, 6.07) is 10.7. The number of rotatable bonds is 2. The number of fused-ring (bicyclic) bond motifs is 3. The van der Waals surface area contributed by atoms with Crippen LogP contribution in [0.1, 0.15) is 5.56 Å². The van der Waals surface area contributed by atoms with Gasteiger partial charge in [0.1, 0.15) is 11.7 Å². The molecule has 0 aliphatic carbocycles. The van der Waals surface area contributed by atoms with E-state index in [1.165, 1.54) is 12.1 Å². The van der Waals surface area contributed by atoms with E-state index < -0.39 is 21.4 Å². The molecule has 0 spiro atoms. The van der Waals surface area contributed by atoms with Crippen LogP contribution >= 0.6 is 0 Å². The number of nitrogens with zero attached hydrogens (tertiary/aromatic N) is 1. The molecule has 5 nitrogen and oxygen atoms in total. The standard InChI is InChI=1S/C14H6F3NO4S/c15-14(16,17)23(19,20)22-12-8(7-18)5-6-10-9-3-1-2-4-11(9)21-13(10)12/h1-6H. The Hall–Kier alpha value is -2.73. The average Bonchev–Trinajstić information content (AvgIpc) is 2.85. The van der Waals surface area contributed by atoms with Crippen molar-refractivity contribution in [2.75, 3.05) is 0 Å². The van der Waals surface area contributed by atoms with Crippen LogP contribution in [0, 0.1) is 11.3 Å². The van der Waals surface area contributed by atoms with Crippen molar-refractivity contribution in [3.63, 3.8) is 0 Å². The molecule has 0 bridgehead atoms. The molecule has 0 N–H and O–H groups in total. The van der Waals surface area contributed by atoms with Crippen molar-refractivity contribution in [2.24, 2.45) is 0 Å². The zero-order valence-corrected chi connectivity index (χ0v) is 11.9. The molecule has 0 unspecified atom stereocenters. The van der Waals surface area contributed by atoms with Crippen LogP contribution in [0.4, 0.5) is 13.2 Å². The summed E-state index contributed by atoms with van der Waals surface area (Å²) in [4.78, 5) is 0. The molecule has 0 aliphatic rings. The van der Waals surface area contributed by atoms with Crippen molar-refractivity contribution < 1.29 is 30.2 Å². The molecule has 9 heteroatoms. The molecule has 0 aliphatic heterocycles. The summed E-state index contributed by atoms with van der Waals surface area (Å²) in [5, 5.41) is 9.90. The van der Waals surface area contributed by atoms with Crippen LogP contribution in [0.5, 0.6) is 5.75 Å². The van der Waals surface area contributed by atoms with Gasteiger partial charge in [-0.3, -0.25) is 0 Å². The number of alkyl halides is 3. The molecule has 0 radical (unpaired) electrons. The summed E-state index contributed by atoms with van der Waals surface area (Å²) in [6.07, 6.45) is 0. The molecule has 1 aromatic heterocycles. The topological polar surface area (TPSA) is 80.3 Å². The Morgan fingerprint density at radius 2 is 1.78 bits per heavy atom. The Labute approximate surface area is 127 Å². The van der Waals surface area contributed by atoms with Crippen LogP contribution in [0.25, 0.3) is 21.9 Å². The van der Waals surface area contributed by atoms with Crippen molar-refractivity contribution in [1.29, 1.82) is 5.26 Å². The molecule has 3 rings (SSSR count). The van der Waals surface area contributed by atoms with Gasteiger partial charge in [0, 0.05) is 10.8 Å². The number of hydrogen-bond donors (Lipinski definition) is 0. The lowest BCUT2D eigenvalue weighted by Crippen LogP contribution is -2.28.